The van der Waals surface area contributed by atoms with Gasteiger partial charge in [-0.2, -0.15) is 11.8 Å². The second-order valence-corrected chi connectivity index (χ2v) is 7.92. The molecule has 0 saturated heterocycles. The first-order chi connectivity index (χ1) is 11.4. The normalized spacial score (nSPS) is 12.2. The molecule has 0 aliphatic heterocycles. The predicted molar refractivity (Wildman–Crippen MR) is 99.3 cm³/mol. The fraction of sp³-hybridized carbons (Fsp3) is 0.533. The number of rotatable bonds is 9. The smallest absolute Gasteiger partial charge is 0.208 e. The zero-order valence-corrected chi connectivity index (χ0v) is 15.9. The number of hydrogen-bond acceptors (Lipinski definition) is 4. The first-order valence-electron chi connectivity index (χ1n) is 7.51. The average Bonchev–Trinajstić information content (AvgIpc) is 2.50. The first kappa shape index (κ1) is 20.7. The van der Waals surface area contributed by atoms with Crippen LogP contribution in [-0.4, -0.2) is 47.0 Å². The van der Waals surface area contributed by atoms with Gasteiger partial charge < -0.3 is 10.6 Å². The summed E-state index contributed by atoms with van der Waals surface area (Å²) < 4.78 is 37.7. The maximum absolute atomic E-state index is 13.3. The summed E-state index contributed by atoms with van der Waals surface area (Å²) in [5, 5.41) is 6.29. The Labute approximate surface area is 147 Å². The van der Waals surface area contributed by atoms with Crippen molar-refractivity contribution in [3.63, 3.8) is 0 Å². The van der Waals surface area contributed by atoms with Crippen LogP contribution in [0, 0.1) is 5.82 Å². The van der Waals surface area contributed by atoms with Crippen LogP contribution in [0.3, 0.4) is 0 Å². The number of nitrogens with zero attached hydrogens (tertiary/aromatic N) is 1. The SMILES string of the molecule is CN=C(NCCCNS(C)(=O)=O)NCc1ccc(F)cc1CSC. The largest absolute Gasteiger partial charge is 0.356 e. The molecule has 0 amide bonds. The van der Waals surface area contributed by atoms with Gasteiger partial charge in [0.05, 0.1) is 6.26 Å². The van der Waals surface area contributed by atoms with E-state index in [9.17, 15) is 12.8 Å². The van der Waals surface area contributed by atoms with E-state index < -0.39 is 10.0 Å². The topological polar surface area (TPSA) is 82.6 Å². The summed E-state index contributed by atoms with van der Waals surface area (Å²) in [6, 6.07) is 4.78. The third kappa shape index (κ3) is 8.51. The average molecular weight is 377 g/mol. The van der Waals surface area contributed by atoms with Gasteiger partial charge in [0.2, 0.25) is 10.0 Å². The standard InChI is InChI=1S/C15H25FN4O2S2/c1-17-15(18-7-4-8-20-24(3,21)22)19-10-12-5-6-14(16)9-13(12)11-23-2/h5-6,9,20H,4,7-8,10-11H2,1-3H3,(H2,17,18,19). The van der Waals surface area contributed by atoms with Gasteiger partial charge in [-0.1, -0.05) is 6.07 Å². The molecule has 0 spiro atoms. The third-order valence-electron chi connectivity index (χ3n) is 3.15. The van der Waals surface area contributed by atoms with E-state index in [4.69, 9.17) is 0 Å². The molecule has 9 heteroatoms. The summed E-state index contributed by atoms with van der Waals surface area (Å²) in [5.41, 5.74) is 1.98. The second kappa shape index (κ2) is 10.5. The van der Waals surface area contributed by atoms with E-state index in [1.807, 2.05) is 6.26 Å². The van der Waals surface area contributed by atoms with Crippen LogP contribution in [0.5, 0.6) is 0 Å². The summed E-state index contributed by atoms with van der Waals surface area (Å²) in [5.74, 6) is 1.13. The van der Waals surface area contributed by atoms with Gasteiger partial charge in [-0.15, -0.1) is 0 Å². The minimum absolute atomic E-state index is 0.233. The van der Waals surface area contributed by atoms with Crippen molar-refractivity contribution in [2.75, 3.05) is 32.6 Å². The number of guanidine groups is 1. The fourth-order valence-electron chi connectivity index (χ4n) is 2.01. The van der Waals surface area contributed by atoms with Crippen LogP contribution in [0.2, 0.25) is 0 Å². The highest BCUT2D eigenvalue weighted by atomic mass is 32.2. The lowest BCUT2D eigenvalue weighted by Gasteiger charge is -2.14. The van der Waals surface area contributed by atoms with Crippen molar-refractivity contribution in [2.24, 2.45) is 4.99 Å². The maximum atomic E-state index is 13.3. The first-order valence-corrected chi connectivity index (χ1v) is 10.8. The number of benzene rings is 1. The van der Waals surface area contributed by atoms with Crippen LogP contribution < -0.4 is 15.4 Å². The number of aliphatic imine (C=N–C) groups is 1. The van der Waals surface area contributed by atoms with E-state index in [-0.39, 0.29) is 5.82 Å². The van der Waals surface area contributed by atoms with Gasteiger partial charge in [0, 0.05) is 32.4 Å². The Bertz CT molecular complexity index is 651. The summed E-state index contributed by atoms with van der Waals surface area (Å²) in [6.45, 7) is 1.50. The van der Waals surface area contributed by atoms with Crippen molar-refractivity contribution < 1.29 is 12.8 Å². The van der Waals surface area contributed by atoms with Crippen molar-refractivity contribution in [3.05, 3.63) is 35.1 Å². The molecular formula is C15H25FN4O2S2. The molecule has 0 atom stereocenters. The lowest BCUT2D eigenvalue weighted by Crippen LogP contribution is -2.38. The molecule has 0 aliphatic rings. The zero-order valence-electron chi connectivity index (χ0n) is 14.2. The summed E-state index contributed by atoms with van der Waals surface area (Å²) in [6.07, 6.45) is 3.75. The molecule has 136 valence electrons. The molecule has 1 aromatic rings. The molecule has 1 aromatic carbocycles. The molecule has 0 unspecified atom stereocenters. The lowest BCUT2D eigenvalue weighted by molar-refractivity contribution is 0.584. The van der Waals surface area contributed by atoms with E-state index in [1.54, 1.807) is 30.9 Å². The van der Waals surface area contributed by atoms with E-state index in [0.29, 0.717) is 32.0 Å². The molecule has 0 fully saturated rings. The molecule has 0 bridgehead atoms. The molecule has 0 radical (unpaired) electrons. The van der Waals surface area contributed by atoms with Gasteiger partial charge in [0.15, 0.2) is 5.96 Å². The minimum Gasteiger partial charge on any atom is -0.356 e. The van der Waals surface area contributed by atoms with Crippen molar-refractivity contribution >= 4 is 27.7 Å². The highest BCUT2D eigenvalue weighted by Crippen LogP contribution is 2.16. The summed E-state index contributed by atoms with van der Waals surface area (Å²) in [4.78, 5) is 4.12. The zero-order chi connectivity index (χ0) is 18.0. The number of hydrogen-bond donors (Lipinski definition) is 3. The molecule has 0 heterocycles. The Morgan fingerprint density at radius 2 is 2.00 bits per heavy atom. The monoisotopic (exact) mass is 376 g/mol. The van der Waals surface area contributed by atoms with Crippen LogP contribution >= 0.6 is 11.8 Å². The van der Waals surface area contributed by atoms with Crippen LogP contribution in [0.15, 0.2) is 23.2 Å². The van der Waals surface area contributed by atoms with Crippen LogP contribution in [0.4, 0.5) is 4.39 Å². The van der Waals surface area contributed by atoms with Crippen LogP contribution in [0.25, 0.3) is 0 Å². The van der Waals surface area contributed by atoms with Gasteiger partial charge in [-0.3, -0.25) is 4.99 Å². The van der Waals surface area contributed by atoms with Crippen molar-refractivity contribution in [2.45, 2.75) is 18.7 Å². The number of sulfonamides is 1. The lowest BCUT2D eigenvalue weighted by atomic mass is 10.1. The Morgan fingerprint density at radius 1 is 1.25 bits per heavy atom. The van der Waals surface area contributed by atoms with Gasteiger partial charge in [-0.05, 0) is 35.9 Å². The Balaban J connectivity index is 2.44. The van der Waals surface area contributed by atoms with Gasteiger partial charge in [-0.25, -0.2) is 17.5 Å². The molecule has 24 heavy (non-hydrogen) atoms. The molecular weight excluding hydrogens is 351 g/mol. The van der Waals surface area contributed by atoms with Crippen LogP contribution in [-0.2, 0) is 22.3 Å². The fourth-order valence-corrected chi connectivity index (χ4v) is 3.10. The third-order valence-corrected chi connectivity index (χ3v) is 4.48. The van der Waals surface area contributed by atoms with Gasteiger partial charge >= 0.3 is 0 Å². The number of halogens is 1. The molecule has 3 N–H and O–H groups in total. The van der Waals surface area contributed by atoms with Crippen molar-refractivity contribution in [1.82, 2.24) is 15.4 Å². The second-order valence-electron chi connectivity index (χ2n) is 5.22. The van der Waals surface area contributed by atoms with Crippen molar-refractivity contribution in [1.29, 1.82) is 0 Å². The highest BCUT2D eigenvalue weighted by Gasteiger charge is 2.05. The molecule has 0 saturated carbocycles. The van der Waals surface area contributed by atoms with Gasteiger partial charge in [0.1, 0.15) is 5.82 Å². The highest BCUT2D eigenvalue weighted by molar-refractivity contribution is 7.97. The molecule has 0 aliphatic carbocycles. The number of thioether (sulfide) groups is 1. The molecule has 0 aromatic heterocycles. The number of nitrogens with one attached hydrogen (secondary N) is 3. The predicted octanol–water partition coefficient (Wildman–Crippen LogP) is 1.29. The molecule has 1 rings (SSSR count). The van der Waals surface area contributed by atoms with E-state index in [1.165, 1.54) is 6.07 Å². The minimum atomic E-state index is -3.15. The van der Waals surface area contributed by atoms with Crippen molar-refractivity contribution in [3.8, 4) is 0 Å². The van der Waals surface area contributed by atoms with E-state index in [0.717, 1.165) is 23.1 Å². The van der Waals surface area contributed by atoms with Crippen LogP contribution in [0.1, 0.15) is 17.5 Å². The summed E-state index contributed by atoms with van der Waals surface area (Å²) >= 11 is 1.64. The Morgan fingerprint density at radius 3 is 2.62 bits per heavy atom. The van der Waals surface area contributed by atoms with E-state index >= 15 is 0 Å². The quantitative estimate of drug-likeness (QED) is 0.344. The van der Waals surface area contributed by atoms with Gasteiger partial charge in [0.25, 0.3) is 0 Å². The molecule has 6 nitrogen and oxygen atoms in total. The maximum Gasteiger partial charge on any atom is 0.208 e. The Hall–Kier alpha value is -1.32. The Kier molecular flexibility index (Phi) is 9.09. The summed E-state index contributed by atoms with van der Waals surface area (Å²) in [7, 11) is -1.48. The van der Waals surface area contributed by atoms with E-state index in [2.05, 4.69) is 20.3 Å².